The summed E-state index contributed by atoms with van der Waals surface area (Å²) >= 11 is 7.66. The van der Waals surface area contributed by atoms with Gasteiger partial charge in [0.2, 0.25) is 0 Å². The molecule has 0 radical (unpaired) electrons. The van der Waals surface area contributed by atoms with E-state index < -0.39 is 18.3 Å². The molecule has 5 nitrogen and oxygen atoms in total. The normalized spacial score (nSPS) is 27.1. The Kier molecular flexibility index (Phi) is 11.0. The van der Waals surface area contributed by atoms with Crippen molar-refractivity contribution in [1.29, 1.82) is 0 Å². The zero-order valence-electron chi connectivity index (χ0n) is 17.8. The molecule has 170 valence electrons. The Bertz CT molecular complexity index is 685. The molecule has 1 aromatic rings. The largest absolute Gasteiger partial charge is 0.394 e. The number of aliphatic hydroxyl groups excluding tert-OH is 4. The number of thiophene rings is 1. The summed E-state index contributed by atoms with van der Waals surface area (Å²) in [6.45, 7) is 1.84. The van der Waals surface area contributed by atoms with E-state index in [0.717, 1.165) is 29.7 Å². The minimum Gasteiger partial charge on any atom is -0.394 e. The average Bonchev–Trinajstić information content (AvgIpc) is 3.28. The Hall–Kier alpha value is -0.730. The van der Waals surface area contributed by atoms with E-state index in [1.807, 2.05) is 18.2 Å². The molecule has 2 rings (SSSR count). The van der Waals surface area contributed by atoms with Crippen LogP contribution in [0.5, 0.6) is 0 Å². The van der Waals surface area contributed by atoms with Gasteiger partial charge in [0.05, 0.1) is 35.4 Å². The van der Waals surface area contributed by atoms with Gasteiger partial charge in [-0.1, -0.05) is 36.8 Å². The van der Waals surface area contributed by atoms with Crippen LogP contribution in [0.15, 0.2) is 30.4 Å². The molecule has 0 bridgehead atoms. The maximum Gasteiger partial charge on any atom is 0.0934 e. The van der Waals surface area contributed by atoms with Gasteiger partial charge in [0.25, 0.3) is 0 Å². The van der Waals surface area contributed by atoms with Crippen LogP contribution in [0.3, 0.4) is 0 Å². The molecule has 0 aliphatic heterocycles. The molecule has 1 saturated carbocycles. The molecule has 0 aromatic carbocycles. The van der Waals surface area contributed by atoms with Crippen LogP contribution in [0.1, 0.15) is 50.3 Å². The minimum absolute atomic E-state index is 0.0695. The van der Waals surface area contributed by atoms with E-state index in [1.165, 1.54) is 11.3 Å². The van der Waals surface area contributed by atoms with E-state index >= 15 is 0 Å². The topological polar surface area (TPSA) is 90.2 Å². The van der Waals surface area contributed by atoms with Crippen molar-refractivity contribution in [2.45, 2.75) is 69.9 Å². The first kappa shape index (κ1) is 25.5. The van der Waals surface area contributed by atoms with Crippen LogP contribution in [0.25, 0.3) is 5.57 Å². The van der Waals surface area contributed by atoms with Crippen LogP contribution in [-0.2, 0) is 4.74 Å². The highest BCUT2D eigenvalue weighted by Crippen LogP contribution is 2.45. The molecule has 1 aliphatic rings. The van der Waals surface area contributed by atoms with Gasteiger partial charge in [-0.3, -0.25) is 0 Å². The summed E-state index contributed by atoms with van der Waals surface area (Å²) < 4.78 is 6.26. The highest BCUT2D eigenvalue weighted by atomic mass is 35.5. The number of hydrogen-bond acceptors (Lipinski definition) is 6. The first-order valence-electron chi connectivity index (χ1n) is 10.7. The lowest BCUT2D eigenvalue weighted by atomic mass is 9.83. The summed E-state index contributed by atoms with van der Waals surface area (Å²) in [5, 5.41) is 39.7. The molecule has 0 saturated heterocycles. The Morgan fingerprint density at radius 2 is 2.07 bits per heavy atom. The molecule has 0 amide bonds. The van der Waals surface area contributed by atoms with Gasteiger partial charge in [0.1, 0.15) is 0 Å². The molecule has 1 heterocycles. The summed E-state index contributed by atoms with van der Waals surface area (Å²) in [6, 6.07) is 3.83. The predicted molar refractivity (Wildman–Crippen MR) is 123 cm³/mol. The number of allylic oxidation sites excluding steroid dienone is 2. The first-order valence-corrected chi connectivity index (χ1v) is 11.9. The quantitative estimate of drug-likeness (QED) is 0.280. The maximum absolute atomic E-state index is 10.8. The van der Waals surface area contributed by atoms with Crippen molar-refractivity contribution in [1.82, 2.24) is 0 Å². The van der Waals surface area contributed by atoms with Crippen LogP contribution in [0.2, 0.25) is 4.34 Å². The third-order valence-corrected chi connectivity index (χ3v) is 7.11. The maximum atomic E-state index is 10.8. The molecule has 1 aromatic heterocycles. The van der Waals surface area contributed by atoms with Crippen LogP contribution < -0.4 is 0 Å². The van der Waals surface area contributed by atoms with Gasteiger partial charge < -0.3 is 25.2 Å². The molecule has 0 spiro atoms. The molecule has 4 N–H and O–H groups in total. The fourth-order valence-corrected chi connectivity index (χ4v) is 5.27. The summed E-state index contributed by atoms with van der Waals surface area (Å²) in [4.78, 5) is 1.00. The summed E-state index contributed by atoms with van der Waals surface area (Å²) in [5.41, 5.74) is 0.995. The van der Waals surface area contributed by atoms with E-state index in [1.54, 1.807) is 7.11 Å². The van der Waals surface area contributed by atoms with E-state index in [4.69, 9.17) is 21.4 Å². The number of unbranched alkanes of at least 4 members (excludes halogenated alkanes) is 1. The molecule has 1 aliphatic carbocycles. The fraction of sp³-hybridized carbons (Fsp3) is 0.652. The summed E-state index contributed by atoms with van der Waals surface area (Å²) in [5.74, 6) is -0.291. The number of ether oxygens (including phenoxy) is 1. The van der Waals surface area contributed by atoms with Crippen molar-refractivity contribution in [3.05, 3.63) is 39.6 Å². The monoisotopic (exact) mass is 458 g/mol. The van der Waals surface area contributed by atoms with Crippen LogP contribution >= 0.6 is 22.9 Å². The molecule has 1 fully saturated rings. The van der Waals surface area contributed by atoms with Crippen molar-refractivity contribution in [3.63, 3.8) is 0 Å². The standard InChI is InChI=1S/C23H35ClO5S/c1-3-16(29-2)12-18(21-10-11-22(24)30-21)23-17(19(27)13-20(23)28)9-7-5-4-6-8-15(26)14-25/h5,7,10-12,15-17,19-20,23,25-28H,3-4,6,8-9,13-14H2,1-2H3/b7-5-,18-12-/t15?,16-,17?,19-,20+,23?/m0/s1. The van der Waals surface area contributed by atoms with Gasteiger partial charge in [-0.15, -0.1) is 11.3 Å². The molecule has 6 atom stereocenters. The van der Waals surface area contributed by atoms with Crippen LogP contribution in [0.4, 0.5) is 0 Å². The van der Waals surface area contributed by atoms with E-state index in [-0.39, 0.29) is 24.5 Å². The third kappa shape index (κ3) is 7.16. The van der Waals surface area contributed by atoms with Crippen molar-refractivity contribution >= 4 is 28.5 Å². The van der Waals surface area contributed by atoms with E-state index in [0.29, 0.717) is 23.6 Å². The second kappa shape index (κ2) is 13.0. The zero-order chi connectivity index (χ0) is 22.1. The summed E-state index contributed by atoms with van der Waals surface area (Å²) in [7, 11) is 1.68. The van der Waals surface area contributed by atoms with Gasteiger partial charge in [0.15, 0.2) is 0 Å². The number of methoxy groups -OCH3 is 1. The predicted octanol–water partition coefficient (Wildman–Crippen LogP) is 4.04. The van der Waals surface area contributed by atoms with Gasteiger partial charge in [0, 0.05) is 24.3 Å². The Morgan fingerprint density at radius 3 is 2.67 bits per heavy atom. The van der Waals surface area contributed by atoms with Crippen molar-refractivity contribution in [2.75, 3.05) is 13.7 Å². The second-order valence-electron chi connectivity index (χ2n) is 7.94. The number of halogens is 1. The fourth-order valence-electron chi connectivity index (χ4n) is 4.15. The van der Waals surface area contributed by atoms with Crippen LogP contribution in [0, 0.1) is 11.8 Å². The van der Waals surface area contributed by atoms with Gasteiger partial charge >= 0.3 is 0 Å². The van der Waals surface area contributed by atoms with E-state index in [2.05, 4.69) is 19.1 Å². The Morgan fingerprint density at radius 1 is 1.30 bits per heavy atom. The zero-order valence-corrected chi connectivity index (χ0v) is 19.4. The van der Waals surface area contributed by atoms with E-state index in [9.17, 15) is 15.3 Å². The van der Waals surface area contributed by atoms with Crippen molar-refractivity contribution < 1.29 is 25.2 Å². The third-order valence-electron chi connectivity index (χ3n) is 5.83. The van der Waals surface area contributed by atoms with Gasteiger partial charge in [-0.25, -0.2) is 0 Å². The van der Waals surface area contributed by atoms with Gasteiger partial charge in [-0.2, -0.15) is 0 Å². The smallest absolute Gasteiger partial charge is 0.0934 e. The van der Waals surface area contributed by atoms with Crippen LogP contribution in [-0.4, -0.2) is 58.6 Å². The van der Waals surface area contributed by atoms with Crippen molar-refractivity contribution in [2.24, 2.45) is 11.8 Å². The van der Waals surface area contributed by atoms with Crippen molar-refractivity contribution in [3.8, 4) is 0 Å². The molecular formula is C23H35ClO5S. The lowest BCUT2D eigenvalue weighted by molar-refractivity contribution is 0.0868. The molecule has 30 heavy (non-hydrogen) atoms. The molecule has 7 heteroatoms. The lowest BCUT2D eigenvalue weighted by Gasteiger charge is -2.26. The number of rotatable bonds is 12. The van der Waals surface area contributed by atoms with Gasteiger partial charge in [-0.05, 0) is 55.7 Å². The summed E-state index contributed by atoms with van der Waals surface area (Å²) in [6.07, 6.45) is 8.23. The SMILES string of the molecule is CC[C@@H](/C=C(/c1ccc(Cl)s1)C1C(C/C=C\CCCC(O)CO)[C@@H](O)C[C@H]1O)OC. The Balaban J connectivity index is 2.16. The highest BCUT2D eigenvalue weighted by Gasteiger charge is 2.43. The highest BCUT2D eigenvalue weighted by molar-refractivity contribution is 7.17. The number of aliphatic hydroxyl groups is 4. The number of hydrogen-bond donors (Lipinski definition) is 4. The lowest BCUT2D eigenvalue weighted by Crippen LogP contribution is -2.24. The molecular weight excluding hydrogens is 424 g/mol. The Labute approximate surface area is 188 Å². The average molecular weight is 459 g/mol. The second-order valence-corrected chi connectivity index (χ2v) is 9.66. The minimum atomic E-state index is -0.660. The molecule has 3 unspecified atom stereocenters. The first-order chi connectivity index (χ1) is 14.4.